The van der Waals surface area contributed by atoms with Crippen LogP contribution in [0.2, 0.25) is 0 Å². The third kappa shape index (κ3) is 2.71. The number of hydrogen-bond donors (Lipinski definition) is 1. The van der Waals surface area contributed by atoms with Crippen molar-refractivity contribution < 1.29 is 9.90 Å². The van der Waals surface area contributed by atoms with Crippen molar-refractivity contribution in [2.24, 2.45) is 0 Å². The molecule has 5 nitrogen and oxygen atoms in total. The fraction of sp³-hybridized carbons (Fsp3) is 0.400. The number of carbonyl (C=O) groups is 1. The van der Waals surface area contributed by atoms with Gasteiger partial charge < -0.3 is 5.11 Å². The maximum Gasteiger partial charge on any atom is 0.358 e. The molecule has 0 amide bonds. The van der Waals surface area contributed by atoms with E-state index in [1.807, 2.05) is 32.0 Å². The standard InChI is InChI=1S/C15H19N3O2/c1-4-5-6-13-14(15(19)20)16-17-18(13)12-8-7-10(2)11(3)9-12/h7-9H,4-6H2,1-3H3,(H,19,20). The summed E-state index contributed by atoms with van der Waals surface area (Å²) in [6, 6.07) is 5.96. The highest BCUT2D eigenvalue weighted by Gasteiger charge is 2.19. The van der Waals surface area contributed by atoms with Gasteiger partial charge in [-0.25, -0.2) is 9.48 Å². The van der Waals surface area contributed by atoms with E-state index in [9.17, 15) is 9.90 Å². The molecule has 1 aromatic heterocycles. The molecular formula is C15H19N3O2. The van der Waals surface area contributed by atoms with Crippen LogP contribution >= 0.6 is 0 Å². The minimum absolute atomic E-state index is 0.0525. The number of hydrogen-bond acceptors (Lipinski definition) is 3. The van der Waals surface area contributed by atoms with Crippen molar-refractivity contribution in [1.82, 2.24) is 15.0 Å². The number of aryl methyl sites for hydroxylation is 2. The van der Waals surface area contributed by atoms with Crippen molar-refractivity contribution in [3.63, 3.8) is 0 Å². The Morgan fingerprint density at radius 3 is 2.65 bits per heavy atom. The largest absolute Gasteiger partial charge is 0.476 e. The summed E-state index contributed by atoms with van der Waals surface area (Å²) in [7, 11) is 0. The molecule has 1 heterocycles. The Balaban J connectivity index is 2.49. The summed E-state index contributed by atoms with van der Waals surface area (Å²) in [6.45, 7) is 6.14. The Morgan fingerprint density at radius 1 is 1.30 bits per heavy atom. The van der Waals surface area contributed by atoms with Gasteiger partial charge in [-0.15, -0.1) is 5.10 Å². The minimum Gasteiger partial charge on any atom is -0.476 e. The van der Waals surface area contributed by atoms with E-state index in [2.05, 4.69) is 17.2 Å². The third-order valence-electron chi connectivity index (χ3n) is 3.47. The Labute approximate surface area is 118 Å². The molecule has 0 aliphatic heterocycles. The first-order valence-corrected chi connectivity index (χ1v) is 6.80. The predicted molar refractivity (Wildman–Crippen MR) is 76.4 cm³/mol. The van der Waals surface area contributed by atoms with Gasteiger partial charge in [0.25, 0.3) is 0 Å². The lowest BCUT2D eigenvalue weighted by molar-refractivity contribution is 0.0689. The van der Waals surface area contributed by atoms with E-state index in [-0.39, 0.29) is 5.69 Å². The van der Waals surface area contributed by atoms with E-state index in [0.29, 0.717) is 12.1 Å². The summed E-state index contributed by atoms with van der Waals surface area (Å²) in [5, 5.41) is 17.0. The van der Waals surface area contributed by atoms with Crippen LogP contribution in [0.25, 0.3) is 5.69 Å². The molecule has 0 saturated carbocycles. The van der Waals surface area contributed by atoms with Gasteiger partial charge in [-0.1, -0.05) is 24.6 Å². The number of carboxylic acid groups (broad SMARTS) is 1. The molecular weight excluding hydrogens is 254 g/mol. The molecule has 0 unspecified atom stereocenters. The van der Waals surface area contributed by atoms with Crippen LogP contribution in [0.3, 0.4) is 0 Å². The van der Waals surface area contributed by atoms with Crippen molar-refractivity contribution in [2.75, 3.05) is 0 Å². The van der Waals surface area contributed by atoms with E-state index in [4.69, 9.17) is 0 Å². The first kappa shape index (κ1) is 14.2. The molecule has 5 heteroatoms. The van der Waals surface area contributed by atoms with Crippen molar-refractivity contribution in [2.45, 2.75) is 40.0 Å². The highest BCUT2D eigenvalue weighted by atomic mass is 16.4. The van der Waals surface area contributed by atoms with Gasteiger partial charge in [0, 0.05) is 0 Å². The van der Waals surface area contributed by atoms with E-state index in [1.54, 1.807) is 4.68 Å². The minimum atomic E-state index is -1.02. The Hall–Kier alpha value is -2.17. The second kappa shape index (κ2) is 5.86. The number of aromatic carboxylic acids is 1. The number of carboxylic acids is 1. The van der Waals surface area contributed by atoms with Crippen molar-refractivity contribution in [3.05, 3.63) is 40.7 Å². The highest BCUT2D eigenvalue weighted by Crippen LogP contribution is 2.18. The lowest BCUT2D eigenvalue weighted by atomic mass is 10.1. The van der Waals surface area contributed by atoms with Crippen LogP contribution in [0.4, 0.5) is 0 Å². The summed E-state index contributed by atoms with van der Waals surface area (Å²) < 4.78 is 1.64. The molecule has 106 valence electrons. The lowest BCUT2D eigenvalue weighted by Crippen LogP contribution is -2.07. The van der Waals surface area contributed by atoms with Crippen LogP contribution in [0, 0.1) is 13.8 Å². The van der Waals surface area contributed by atoms with Crippen molar-refractivity contribution in [3.8, 4) is 5.69 Å². The molecule has 20 heavy (non-hydrogen) atoms. The number of aromatic nitrogens is 3. The average Bonchev–Trinajstić information content (AvgIpc) is 2.83. The molecule has 2 rings (SSSR count). The van der Waals surface area contributed by atoms with Gasteiger partial charge in [-0.3, -0.25) is 0 Å². The summed E-state index contributed by atoms with van der Waals surface area (Å²) >= 11 is 0. The molecule has 0 saturated heterocycles. The maximum absolute atomic E-state index is 11.2. The van der Waals surface area contributed by atoms with E-state index in [0.717, 1.165) is 24.1 Å². The highest BCUT2D eigenvalue weighted by molar-refractivity contribution is 5.86. The number of benzene rings is 1. The van der Waals surface area contributed by atoms with Gasteiger partial charge >= 0.3 is 5.97 Å². The van der Waals surface area contributed by atoms with Crippen molar-refractivity contribution in [1.29, 1.82) is 0 Å². The van der Waals surface area contributed by atoms with Crippen LogP contribution in [0.5, 0.6) is 0 Å². The van der Waals surface area contributed by atoms with Crippen LogP contribution in [-0.4, -0.2) is 26.1 Å². The predicted octanol–water partition coefficient (Wildman–Crippen LogP) is 2.92. The number of rotatable bonds is 5. The van der Waals surface area contributed by atoms with Gasteiger partial charge in [0.2, 0.25) is 0 Å². The zero-order valence-corrected chi connectivity index (χ0v) is 12.1. The summed E-state index contributed by atoms with van der Waals surface area (Å²) in [5.74, 6) is -1.02. The Bertz CT molecular complexity index is 632. The van der Waals surface area contributed by atoms with Gasteiger partial charge in [0.05, 0.1) is 11.4 Å². The molecule has 1 N–H and O–H groups in total. The zero-order chi connectivity index (χ0) is 14.7. The second-order valence-electron chi connectivity index (χ2n) is 4.97. The molecule has 0 radical (unpaired) electrons. The van der Waals surface area contributed by atoms with Crippen molar-refractivity contribution >= 4 is 5.97 Å². The van der Waals surface area contributed by atoms with Gasteiger partial charge in [0.1, 0.15) is 0 Å². The van der Waals surface area contributed by atoms with Crippen LogP contribution < -0.4 is 0 Å². The topological polar surface area (TPSA) is 68.0 Å². The fourth-order valence-corrected chi connectivity index (χ4v) is 2.10. The smallest absolute Gasteiger partial charge is 0.358 e. The number of nitrogens with zero attached hydrogens (tertiary/aromatic N) is 3. The summed E-state index contributed by atoms with van der Waals surface area (Å²) in [4.78, 5) is 11.2. The fourth-order valence-electron chi connectivity index (χ4n) is 2.10. The lowest BCUT2D eigenvalue weighted by Gasteiger charge is -2.08. The maximum atomic E-state index is 11.2. The molecule has 0 atom stereocenters. The first-order chi connectivity index (χ1) is 9.54. The van der Waals surface area contributed by atoms with Crippen LogP contribution in [-0.2, 0) is 6.42 Å². The SMILES string of the molecule is CCCCc1c(C(=O)O)nnn1-c1ccc(C)c(C)c1. The van der Waals surface area contributed by atoms with E-state index >= 15 is 0 Å². The van der Waals surface area contributed by atoms with E-state index < -0.39 is 5.97 Å². The van der Waals surface area contributed by atoms with E-state index in [1.165, 1.54) is 5.56 Å². The first-order valence-electron chi connectivity index (χ1n) is 6.80. The molecule has 0 fully saturated rings. The molecule has 1 aromatic carbocycles. The normalized spacial score (nSPS) is 10.8. The second-order valence-corrected chi connectivity index (χ2v) is 4.97. The molecule has 0 aliphatic carbocycles. The van der Waals surface area contributed by atoms with Crippen LogP contribution in [0.1, 0.15) is 47.1 Å². The summed E-state index contributed by atoms with van der Waals surface area (Å²) in [5.41, 5.74) is 3.93. The number of unbranched alkanes of at least 4 members (excludes halogenated alkanes) is 1. The van der Waals surface area contributed by atoms with Gasteiger partial charge in [0.15, 0.2) is 5.69 Å². The molecule has 0 spiro atoms. The Kier molecular flexibility index (Phi) is 4.17. The molecule has 0 bridgehead atoms. The Morgan fingerprint density at radius 2 is 2.05 bits per heavy atom. The van der Waals surface area contributed by atoms with Gasteiger partial charge in [-0.2, -0.15) is 0 Å². The third-order valence-corrected chi connectivity index (χ3v) is 3.47. The van der Waals surface area contributed by atoms with Gasteiger partial charge in [-0.05, 0) is 49.9 Å². The quantitative estimate of drug-likeness (QED) is 0.909. The summed E-state index contributed by atoms with van der Waals surface area (Å²) in [6.07, 6.45) is 2.58. The average molecular weight is 273 g/mol. The monoisotopic (exact) mass is 273 g/mol. The zero-order valence-electron chi connectivity index (χ0n) is 12.1. The van der Waals surface area contributed by atoms with Crippen LogP contribution in [0.15, 0.2) is 18.2 Å². The molecule has 2 aromatic rings. The molecule has 0 aliphatic rings.